The molecule has 1 aromatic rings. The molecule has 19 heavy (non-hydrogen) atoms. The second-order valence-electron chi connectivity index (χ2n) is 5.20. The molecule has 0 aromatic heterocycles. The second kappa shape index (κ2) is 5.82. The van der Waals surface area contributed by atoms with Gasteiger partial charge < -0.3 is 16.2 Å². The van der Waals surface area contributed by atoms with Crippen molar-refractivity contribution in [3.63, 3.8) is 0 Å². The van der Waals surface area contributed by atoms with Gasteiger partial charge in [0.25, 0.3) is 0 Å². The van der Waals surface area contributed by atoms with Gasteiger partial charge in [0.05, 0.1) is 5.56 Å². The Bertz CT molecular complexity index is 485. The molecule has 4 N–H and O–H groups in total. The number of anilines is 2. The average molecular weight is 327 g/mol. The number of carboxylic acid groups (broad SMARTS) is 1. The lowest BCUT2D eigenvalue weighted by atomic mass is 9.99. The number of hydrogen-bond donors (Lipinski definition) is 3. The van der Waals surface area contributed by atoms with Gasteiger partial charge in [-0.2, -0.15) is 0 Å². The normalized spacial score (nSPS) is 17.4. The monoisotopic (exact) mass is 326 g/mol. The van der Waals surface area contributed by atoms with Crippen LogP contribution in [-0.2, 0) is 0 Å². The van der Waals surface area contributed by atoms with Gasteiger partial charge in [0.15, 0.2) is 0 Å². The molecule has 1 saturated carbocycles. The zero-order valence-corrected chi connectivity index (χ0v) is 12.5. The maximum absolute atomic E-state index is 11.1. The molecule has 5 heteroatoms. The van der Waals surface area contributed by atoms with Crippen molar-refractivity contribution < 1.29 is 9.90 Å². The Morgan fingerprint density at radius 2 is 2.11 bits per heavy atom. The molecular weight excluding hydrogens is 308 g/mol. The quantitative estimate of drug-likeness (QED) is 0.737. The van der Waals surface area contributed by atoms with Crippen LogP contribution in [0.15, 0.2) is 16.6 Å². The Morgan fingerprint density at radius 3 is 2.68 bits per heavy atom. The van der Waals surface area contributed by atoms with Gasteiger partial charge in [0.2, 0.25) is 0 Å². The number of rotatable bonds is 4. The molecule has 0 amide bonds. The Balaban J connectivity index is 2.19. The fourth-order valence-electron chi connectivity index (χ4n) is 2.70. The summed E-state index contributed by atoms with van der Waals surface area (Å²) in [6.07, 6.45) is 5.07. The lowest BCUT2D eigenvalue weighted by Crippen LogP contribution is -2.24. The number of nitrogen functional groups attached to an aromatic ring is 1. The number of carbonyl (C=O) groups is 1. The molecule has 0 radical (unpaired) electrons. The Labute approximate surface area is 121 Å². The van der Waals surface area contributed by atoms with E-state index in [9.17, 15) is 4.79 Å². The van der Waals surface area contributed by atoms with Crippen LogP contribution in [-0.4, -0.2) is 17.1 Å². The van der Waals surface area contributed by atoms with Gasteiger partial charge in [-0.15, -0.1) is 0 Å². The lowest BCUT2D eigenvalue weighted by Gasteiger charge is -2.22. The molecule has 0 aliphatic heterocycles. The van der Waals surface area contributed by atoms with Crippen LogP contribution in [0.1, 0.15) is 43.0 Å². The van der Waals surface area contributed by atoms with E-state index in [0.717, 1.165) is 10.2 Å². The molecule has 1 atom stereocenters. The van der Waals surface area contributed by atoms with E-state index in [2.05, 4.69) is 28.2 Å². The van der Waals surface area contributed by atoms with E-state index in [1.807, 2.05) is 0 Å². The SMILES string of the molecule is CC(Nc1cc(C(=O)O)c(N)cc1Br)C1CCCC1. The van der Waals surface area contributed by atoms with Crippen molar-refractivity contribution in [2.75, 3.05) is 11.1 Å². The summed E-state index contributed by atoms with van der Waals surface area (Å²) < 4.78 is 0.805. The molecular formula is C14H19BrN2O2. The molecule has 0 spiro atoms. The fourth-order valence-corrected chi connectivity index (χ4v) is 3.18. The van der Waals surface area contributed by atoms with Gasteiger partial charge >= 0.3 is 5.97 Å². The minimum absolute atomic E-state index is 0.143. The first kappa shape index (κ1) is 14.2. The number of benzene rings is 1. The zero-order chi connectivity index (χ0) is 14.0. The van der Waals surface area contributed by atoms with Gasteiger partial charge in [0, 0.05) is 21.9 Å². The van der Waals surface area contributed by atoms with Gasteiger partial charge in [-0.1, -0.05) is 12.8 Å². The highest BCUT2D eigenvalue weighted by Crippen LogP contribution is 2.33. The van der Waals surface area contributed by atoms with Gasteiger partial charge in [-0.3, -0.25) is 0 Å². The molecule has 0 heterocycles. The minimum atomic E-state index is -0.999. The van der Waals surface area contributed by atoms with Crippen molar-refractivity contribution in [2.24, 2.45) is 5.92 Å². The second-order valence-corrected chi connectivity index (χ2v) is 6.06. The number of hydrogen-bond acceptors (Lipinski definition) is 3. The zero-order valence-electron chi connectivity index (χ0n) is 10.9. The first-order valence-corrected chi connectivity index (χ1v) is 7.37. The highest BCUT2D eigenvalue weighted by molar-refractivity contribution is 9.10. The summed E-state index contributed by atoms with van der Waals surface area (Å²) in [6, 6.07) is 3.59. The summed E-state index contributed by atoms with van der Waals surface area (Å²) in [7, 11) is 0. The van der Waals surface area contributed by atoms with Gasteiger partial charge in [-0.25, -0.2) is 4.79 Å². The molecule has 2 rings (SSSR count). The summed E-state index contributed by atoms with van der Waals surface area (Å²) in [5.41, 5.74) is 6.92. The third-order valence-corrected chi connectivity index (χ3v) is 4.52. The standard InChI is InChI=1S/C14H19BrN2O2/c1-8(9-4-2-3-5-9)17-13-6-10(14(18)19)12(16)7-11(13)15/h6-9,17H,2-5,16H2,1H3,(H,18,19). The van der Waals surface area contributed by atoms with E-state index < -0.39 is 5.97 Å². The smallest absolute Gasteiger partial charge is 0.337 e. The van der Waals surface area contributed by atoms with Crippen LogP contribution in [0.4, 0.5) is 11.4 Å². The largest absolute Gasteiger partial charge is 0.478 e. The van der Waals surface area contributed by atoms with Crippen molar-refractivity contribution in [1.82, 2.24) is 0 Å². The number of aromatic carboxylic acids is 1. The van der Waals surface area contributed by atoms with Gasteiger partial charge in [-0.05, 0) is 53.7 Å². The maximum Gasteiger partial charge on any atom is 0.337 e. The van der Waals surface area contributed by atoms with Crippen LogP contribution in [0.25, 0.3) is 0 Å². The van der Waals surface area contributed by atoms with Crippen molar-refractivity contribution in [1.29, 1.82) is 0 Å². The van der Waals surface area contributed by atoms with E-state index in [1.165, 1.54) is 25.7 Å². The molecule has 104 valence electrons. The maximum atomic E-state index is 11.1. The van der Waals surface area contributed by atoms with E-state index in [4.69, 9.17) is 10.8 Å². The van der Waals surface area contributed by atoms with Crippen molar-refractivity contribution in [3.8, 4) is 0 Å². The van der Waals surface area contributed by atoms with E-state index in [0.29, 0.717) is 12.0 Å². The van der Waals surface area contributed by atoms with Crippen molar-refractivity contribution >= 4 is 33.3 Å². The number of carboxylic acids is 1. The third kappa shape index (κ3) is 3.21. The predicted molar refractivity (Wildman–Crippen MR) is 80.6 cm³/mol. The van der Waals surface area contributed by atoms with Crippen LogP contribution >= 0.6 is 15.9 Å². The minimum Gasteiger partial charge on any atom is -0.478 e. The van der Waals surface area contributed by atoms with Crippen LogP contribution in [0, 0.1) is 5.92 Å². The molecule has 1 aliphatic rings. The molecule has 1 unspecified atom stereocenters. The average Bonchev–Trinajstić information content (AvgIpc) is 2.85. The number of halogens is 1. The Hall–Kier alpha value is -1.23. The van der Waals surface area contributed by atoms with Gasteiger partial charge in [0.1, 0.15) is 0 Å². The van der Waals surface area contributed by atoms with E-state index in [1.54, 1.807) is 12.1 Å². The van der Waals surface area contributed by atoms with Crippen LogP contribution in [0.3, 0.4) is 0 Å². The third-order valence-electron chi connectivity index (χ3n) is 3.86. The highest BCUT2D eigenvalue weighted by atomic mass is 79.9. The van der Waals surface area contributed by atoms with Crippen LogP contribution < -0.4 is 11.1 Å². The predicted octanol–water partition coefficient (Wildman–Crippen LogP) is 3.72. The number of nitrogens with two attached hydrogens (primary N) is 1. The summed E-state index contributed by atoms with van der Waals surface area (Å²) in [5.74, 6) is -0.334. The first-order valence-electron chi connectivity index (χ1n) is 6.58. The first-order chi connectivity index (χ1) is 8.99. The molecule has 4 nitrogen and oxygen atoms in total. The summed E-state index contributed by atoms with van der Waals surface area (Å²) in [6.45, 7) is 2.15. The van der Waals surface area contributed by atoms with E-state index in [-0.39, 0.29) is 11.3 Å². The highest BCUT2D eigenvalue weighted by Gasteiger charge is 2.22. The van der Waals surface area contributed by atoms with Crippen molar-refractivity contribution in [2.45, 2.75) is 38.6 Å². The molecule has 0 bridgehead atoms. The topological polar surface area (TPSA) is 75.3 Å². The summed E-state index contributed by atoms with van der Waals surface area (Å²) >= 11 is 3.43. The Morgan fingerprint density at radius 1 is 1.47 bits per heavy atom. The lowest BCUT2D eigenvalue weighted by molar-refractivity contribution is 0.0698. The van der Waals surface area contributed by atoms with Crippen LogP contribution in [0.5, 0.6) is 0 Å². The molecule has 1 fully saturated rings. The molecule has 1 aliphatic carbocycles. The molecule has 1 aromatic carbocycles. The molecule has 0 saturated heterocycles. The fraction of sp³-hybridized carbons (Fsp3) is 0.500. The van der Waals surface area contributed by atoms with Crippen molar-refractivity contribution in [3.05, 3.63) is 22.2 Å². The number of nitrogens with one attached hydrogen (secondary N) is 1. The summed E-state index contributed by atoms with van der Waals surface area (Å²) in [5, 5.41) is 12.5. The van der Waals surface area contributed by atoms with E-state index >= 15 is 0 Å². The summed E-state index contributed by atoms with van der Waals surface area (Å²) in [4.78, 5) is 11.1. The Kier molecular flexibility index (Phi) is 4.34. The van der Waals surface area contributed by atoms with Crippen LogP contribution in [0.2, 0.25) is 0 Å².